The van der Waals surface area contributed by atoms with Crippen LogP contribution in [0.3, 0.4) is 0 Å². The smallest absolute Gasteiger partial charge is 0.331 e. The summed E-state index contributed by atoms with van der Waals surface area (Å²) in [5, 5.41) is 8.71. The summed E-state index contributed by atoms with van der Waals surface area (Å²) in [5.74, 6) is -0.766. The Morgan fingerprint density at radius 1 is 0.800 bits per heavy atom. The molecule has 120 valence electrons. The Morgan fingerprint density at radius 2 is 1.20 bits per heavy atom. The highest BCUT2D eigenvalue weighted by Gasteiger charge is 2.04. The molecule has 0 spiro atoms. The Bertz CT molecular complexity index is 228. The van der Waals surface area contributed by atoms with Gasteiger partial charge in [-0.25, -0.2) is 4.79 Å². The van der Waals surface area contributed by atoms with Crippen molar-refractivity contribution in [2.45, 2.75) is 98.3 Å². The molecule has 0 fully saturated rings. The summed E-state index contributed by atoms with van der Waals surface area (Å²) in [6.07, 6.45) is 15.3. The van der Waals surface area contributed by atoms with Crippen LogP contribution >= 0.6 is 0 Å². The number of hydrogen-bond acceptors (Lipinski definition) is 1. The molecule has 0 saturated carbocycles. The Morgan fingerprint density at radius 3 is 1.55 bits per heavy atom. The van der Waals surface area contributed by atoms with Gasteiger partial charge in [0.2, 0.25) is 0 Å². The van der Waals surface area contributed by atoms with E-state index in [2.05, 4.69) is 20.8 Å². The minimum atomic E-state index is -0.766. The molecule has 0 bridgehead atoms. The van der Waals surface area contributed by atoms with Crippen molar-refractivity contribution in [1.29, 1.82) is 0 Å². The zero-order chi connectivity index (χ0) is 15.6. The lowest BCUT2D eigenvalue weighted by Gasteiger charge is -2.01. The van der Waals surface area contributed by atoms with Gasteiger partial charge in [-0.1, -0.05) is 84.6 Å². The number of rotatable bonds is 11. The lowest BCUT2D eigenvalue weighted by Crippen LogP contribution is -1.99. The number of carbonyl (C=O) groups is 1. The van der Waals surface area contributed by atoms with E-state index < -0.39 is 5.97 Å². The molecule has 0 aliphatic rings. The lowest BCUT2D eigenvalue weighted by atomic mass is 10.1. The van der Waals surface area contributed by atoms with E-state index >= 15 is 0 Å². The van der Waals surface area contributed by atoms with Gasteiger partial charge >= 0.3 is 5.97 Å². The van der Waals surface area contributed by atoms with E-state index in [4.69, 9.17) is 5.11 Å². The maximum absolute atomic E-state index is 10.6. The average Bonchev–Trinajstić information content (AvgIpc) is 2.44. The van der Waals surface area contributed by atoms with E-state index in [9.17, 15) is 4.79 Å². The van der Waals surface area contributed by atoms with Crippen molar-refractivity contribution in [2.24, 2.45) is 0 Å². The van der Waals surface area contributed by atoms with Gasteiger partial charge in [-0.2, -0.15) is 0 Å². The van der Waals surface area contributed by atoms with Crippen LogP contribution in [0.25, 0.3) is 0 Å². The van der Waals surface area contributed by atoms with E-state index in [1.54, 1.807) is 13.0 Å². The molecule has 0 aliphatic heterocycles. The van der Waals surface area contributed by atoms with Crippen molar-refractivity contribution in [2.75, 3.05) is 0 Å². The zero-order valence-electron chi connectivity index (χ0n) is 14.2. The third-order valence-corrected chi connectivity index (χ3v) is 3.38. The summed E-state index contributed by atoms with van der Waals surface area (Å²) in [5.41, 5.74) is 0.552. The van der Waals surface area contributed by atoms with Gasteiger partial charge in [-0.05, 0) is 19.8 Å². The molecule has 0 aromatic heterocycles. The largest absolute Gasteiger partial charge is 0.478 e. The second-order valence-corrected chi connectivity index (χ2v) is 5.34. The molecular weight excluding hydrogens is 248 g/mol. The maximum Gasteiger partial charge on any atom is 0.331 e. The van der Waals surface area contributed by atoms with E-state index in [-0.39, 0.29) is 0 Å². The molecule has 2 nitrogen and oxygen atoms in total. The van der Waals surface area contributed by atoms with Crippen LogP contribution in [0.4, 0.5) is 0 Å². The molecule has 20 heavy (non-hydrogen) atoms. The maximum atomic E-state index is 10.6. The zero-order valence-corrected chi connectivity index (χ0v) is 14.2. The van der Waals surface area contributed by atoms with Crippen molar-refractivity contribution in [3.05, 3.63) is 11.6 Å². The van der Waals surface area contributed by atoms with Crippen LogP contribution < -0.4 is 0 Å². The van der Waals surface area contributed by atoms with Gasteiger partial charge in [0.15, 0.2) is 0 Å². The number of hydrogen-bond donors (Lipinski definition) is 1. The van der Waals surface area contributed by atoms with Crippen LogP contribution in [0.1, 0.15) is 98.3 Å². The molecule has 0 saturated heterocycles. The van der Waals surface area contributed by atoms with Gasteiger partial charge in [0.25, 0.3) is 0 Å². The third kappa shape index (κ3) is 17.2. The van der Waals surface area contributed by atoms with Crippen LogP contribution in [0.2, 0.25) is 0 Å². The van der Waals surface area contributed by atoms with Crippen molar-refractivity contribution in [1.82, 2.24) is 0 Å². The first-order valence-corrected chi connectivity index (χ1v) is 8.52. The molecule has 0 rings (SSSR count). The monoisotopic (exact) mass is 284 g/mol. The van der Waals surface area contributed by atoms with Gasteiger partial charge in [0.1, 0.15) is 0 Å². The third-order valence-electron chi connectivity index (χ3n) is 3.38. The van der Waals surface area contributed by atoms with Crippen LogP contribution in [0.5, 0.6) is 0 Å². The molecule has 0 atom stereocenters. The summed E-state index contributed by atoms with van der Waals surface area (Å²) in [6, 6.07) is 0. The second kappa shape index (κ2) is 18.2. The first kappa shape index (κ1) is 21.5. The second-order valence-electron chi connectivity index (χ2n) is 5.34. The summed E-state index contributed by atoms with van der Waals surface area (Å²) >= 11 is 0. The summed E-state index contributed by atoms with van der Waals surface area (Å²) in [4.78, 5) is 10.6. The van der Waals surface area contributed by atoms with E-state index in [0.29, 0.717) is 5.57 Å². The number of carboxylic acids is 1. The standard InChI is InChI=1S/C11H20O2.C7H16/c1-3-5-6-7-8-9-10(4-2)11(12)13;1-3-5-7-6-4-2/h4H,3,5-9H2,1-2H3,(H,12,13);3-7H2,1-2H3/b10-4+;. The lowest BCUT2D eigenvalue weighted by molar-refractivity contribution is -0.132. The van der Waals surface area contributed by atoms with Gasteiger partial charge in [0, 0.05) is 5.57 Å². The Labute approximate surface area is 126 Å². The summed E-state index contributed by atoms with van der Waals surface area (Å²) in [6.45, 7) is 8.45. The van der Waals surface area contributed by atoms with Crippen LogP contribution in [-0.2, 0) is 4.79 Å². The molecule has 0 aromatic carbocycles. The van der Waals surface area contributed by atoms with Crippen LogP contribution in [0.15, 0.2) is 11.6 Å². The van der Waals surface area contributed by atoms with Crippen molar-refractivity contribution in [3.8, 4) is 0 Å². The predicted octanol–water partition coefficient (Wildman–Crippen LogP) is 6.35. The fourth-order valence-corrected chi connectivity index (χ4v) is 1.97. The quantitative estimate of drug-likeness (QED) is 0.354. The van der Waals surface area contributed by atoms with Gasteiger partial charge in [0.05, 0.1) is 0 Å². The highest BCUT2D eigenvalue weighted by Crippen LogP contribution is 2.10. The molecule has 0 radical (unpaired) electrons. The molecular formula is C18H36O2. The number of allylic oxidation sites excluding steroid dienone is 1. The molecule has 0 aliphatic carbocycles. The topological polar surface area (TPSA) is 37.3 Å². The van der Waals surface area contributed by atoms with E-state index in [1.807, 2.05) is 0 Å². The Hall–Kier alpha value is -0.790. The molecule has 0 amide bonds. The molecule has 0 unspecified atom stereocenters. The first-order chi connectivity index (χ1) is 9.63. The first-order valence-electron chi connectivity index (χ1n) is 8.52. The number of carboxylic acid groups (broad SMARTS) is 1. The minimum Gasteiger partial charge on any atom is -0.478 e. The molecule has 1 N–H and O–H groups in total. The number of aliphatic carboxylic acids is 1. The van der Waals surface area contributed by atoms with Crippen molar-refractivity contribution >= 4 is 5.97 Å². The van der Waals surface area contributed by atoms with Gasteiger partial charge < -0.3 is 5.11 Å². The predicted molar refractivity (Wildman–Crippen MR) is 89.2 cm³/mol. The summed E-state index contributed by atoms with van der Waals surface area (Å²) < 4.78 is 0. The van der Waals surface area contributed by atoms with Crippen molar-refractivity contribution in [3.63, 3.8) is 0 Å². The van der Waals surface area contributed by atoms with Crippen molar-refractivity contribution < 1.29 is 9.90 Å². The fourth-order valence-electron chi connectivity index (χ4n) is 1.97. The molecule has 0 aromatic rings. The van der Waals surface area contributed by atoms with Crippen LogP contribution in [0, 0.1) is 0 Å². The van der Waals surface area contributed by atoms with Crippen LogP contribution in [-0.4, -0.2) is 11.1 Å². The SMILES string of the molecule is C/C=C(\CCCCCCC)C(=O)O.CCCCCCC. The molecule has 2 heteroatoms. The van der Waals surface area contributed by atoms with Gasteiger partial charge in [-0.15, -0.1) is 0 Å². The van der Waals surface area contributed by atoms with Gasteiger partial charge in [-0.3, -0.25) is 0 Å². The summed E-state index contributed by atoms with van der Waals surface area (Å²) in [7, 11) is 0. The molecule has 0 heterocycles. The Balaban J connectivity index is 0. The van der Waals surface area contributed by atoms with E-state index in [1.165, 1.54) is 51.4 Å². The number of unbranched alkanes of at least 4 members (excludes halogenated alkanes) is 8. The highest BCUT2D eigenvalue weighted by molar-refractivity contribution is 5.86. The Kier molecular flexibility index (Phi) is 19.6. The normalized spacial score (nSPS) is 10.9. The fraction of sp³-hybridized carbons (Fsp3) is 0.833. The average molecular weight is 284 g/mol. The minimum absolute atomic E-state index is 0.552. The highest BCUT2D eigenvalue weighted by atomic mass is 16.4. The van der Waals surface area contributed by atoms with E-state index in [0.717, 1.165) is 19.3 Å².